The summed E-state index contributed by atoms with van der Waals surface area (Å²) in [5, 5.41) is 0. The monoisotopic (exact) mass is 282 g/mol. The predicted octanol–water partition coefficient (Wildman–Crippen LogP) is 3.38. The van der Waals surface area contributed by atoms with Crippen molar-refractivity contribution >= 4 is 24.1 Å². The lowest BCUT2D eigenvalue weighted by Gasteiger charge is -2.11. The van der Waals surface area contributed by atoms with E-state index in [4.69, 9.17) is 4.74 Å². The molecular weight excluding hydrogens is 264 g/mol. The number of ether oxygens (including phenoxy) is 1. The van der Waals surface area contributed by atoms with Crippen LogP contribution in [0.2, 0.25) is 0 Å². The van der Waals surface area contributed by atoms with Crippen LogP contribution in [0.1, 0.15) is 13.8 Å². The Kier molecular flexibility index (Phi) is 5.72. The topological polar surface area (TPSA) is 59.7 Å². The van der Waals surface area contributed by atoms with E-state index in [1.165, 1.54) is 0 Å². The number of rotatable bonds is 6. The van der Waals surface area contributed by atoms with Crippen molar-refractivity contribution < 1.29 is 4.74 Å². The largest absolute Gasteiger partial charge is 0.364 e. The molecule has 0 aliphatic heterocycles. The van der Waals surface area contributed by atoms with Gasteiger partial charge in [0.1, 0.15) is 0 Å². The zero-order chi connectivity index (χ0) is 14.9. The molecule has 0 aliphatic rings. The van der Waals surface area contributed by atoms with Crippen LogP contribution in [0.3, 0.4) is 0 Å². The van der Waals surface area contributed by atoms with E-state index in [1.807, 2.05) is 50.2 Å². The minimum absolute atomic E-state index is 0.128. The normalized spacial score (nSPS) is 14.6. The molecule has 0 aromatic carbocycles. The van der Waals surface area contributed by atoms with Crippen molar-refractivity contribution in [3.8, 4) is 0 Å². The van der Waals surface area contributed by atoms with Crippen LogP contribution in [0, 0.1) is 0 Å². The molecule has 5 heteroatoms. The van der Waals surface area contributed by atoms with Gasteiger partial charge in [-0.25, -0.2) is 20.0 Å². The molecule has 0 saturated carbocycles. The fourth-order valence-electron chi connectivity index (χ4n) is 1.63. The Morgan fingerprint density at radius 1 is 0.857 bits per heavy atom. The fraction of sp³-hybridized carbons (Fsp3) is 0.250. The van der Waals surface area contributed by atoms with Gasteiger partial charge in [0.25, 0.3) is 0 Å². The number of nitrogens with zero attached hydrogens (tertiary/aromatic N) is 4. The second kappa shape index (κ2) is 8.01. The maximum Gasteiger partial charge on any atom is 0.151 e. The van der Waals surface area contributed by atoms with Crippen molar-refractivity contribution in [1.29, 1.82) is 0 Å². The number of aromatic nitrogens is 2. The molecule has 2 heterocycles. The van der Waals surface area contributed by atoms with Gasteiger partial charge in [-0.2, -0.15) is 0 Å². The van der Waals surface area contributed by atoms with Crippen LogP contribution in [-0.2, 0) is 4.74 Å². The van der Waals surface area contributed by atoms with Gasteiger partial charge in [-0.3, -0.25) is 0 Å². The van der Waals surface area contributed by atoms with E-state index in [2.05, 4.69) is 20.0 Å². The summed E-state index contributed by atoms with van der Waals surface area (Å²) >= 11 is 0. The minimum atomic E-state index is -0.128. The summed E-state index contributed by atoms with van der Waals surface area (Å²) in [4.78, 5) is 16.8. The van der Waals surface area contributed by atoms with Gasteiger partial charge < -0.3 is 4.74 Å². The molecule has 2 aromatic heterocycles. The Morgan fingerprint density at radius 2 is 1.33 bits per heavy atom. The lowest BCUT2D eigenvalue weighted by Crippen LogP contribution is -2.19. The number of aliphatic imine (C=N–C) groups is 2. The molecule has 2 rings (SSSR count). The molecule has 0 bridgehead atoms. The zero-order valence-electron chi connectivity index (χ0n) is 12.1. The highest BCUT2D eigenvalue weighted by atomic mass is 16.5. The standard InChI is InChI=1S/C16H18N4O/c1-13(11-19-15-7-3-5-9-17-15)21-14(2)12-20-16-8-4-6-10-18-16/h3-14H,1-2H3. The van der Waals surface area contributed by atoms with Crippen molar-refractivity contribution in [2.75, 3.05) is 0 Å². The molecule has 0 aliphatic carbocycles. The Hall–Kier alpha value is -2.40. The first kappa shape index (κ1) is 15.0. The third-order valence-corrected chi connectivity index (χ3v) is 2.56. The first-order chi connectivity index (χ1) is 10.2. The van der Waals surface area contributed by atoms with Crippen LogP contribution in [0.5, 0.6) is 0 Å². The van der Waals surface area contributed by atoms with Crippen molar-refractivity contribution in [3.05, 3.63) is 48.8 Å². The summed E-state index contributed by atoms with van der Waals surface area (Å²) in [7, 11) is 0. The van der Waals surface area contributed by atoms with E-state index < -0.39 is 0 Å². The second-order valence-corrected chi connectivity index (χ2v) is 4.48. The predicted molar refractivity (Wildman–Crippen MR) is 84.8 cm³/mol. The van der Waals surface area contributed by atoms with Gasteiger partial charge in [0, 0.05) is 24.8 Å². The molecule has 2 aromatic rings. The van der Waals surface area contributed by atoms with E-state index in [0.717, 1.165) is 0 Å². The number of hydrogen-bond acceptors (Lipinski definition) is 5. The first-order valence-electron chi connectivity index (χ1n) is 6.80. The van der Waals surface area contributed by atoms with Gasteiger partial charge in [0.05, 0.1) is 12.2 Å². The van der Waals surface area contributed by atoms with Crippen molar-refractivity contribution in [3.63, 3.8) is 0 Å². The molecule has 0 amide bonds. The summed E-state index contributed by atoms with van der Waals surface area (Å²) in [6.45, 7) is 3.86. The maximum absolute atomic E-state index is 5.74. The van der Waals surface area contributed by atoms with Crippen LogP contribution in [0.4, 0.5) is 11.6 Å². The summed E-state index contributed by atoms with van der Waals surface area (Å²) in [6, 6.07) is 11.2. The van der Waals surface area contributed by atoms with E-state index in [-0.39, 0.29) is 12.2 Å². The highest BCUT2D eigenvalue weighted by Gasteiger charge is 2.04. The van der Waals surface area contributed by atoms with Gasteiger partial charge in [-0.15, -0.1) is 0 Å². The van der Waals surface area contributed by atoms with E-state index in [1.54, 1.807) is 24.8 Å². The highest BCUT2D eigenvalue weighted by Crippen LogP contribution is 2.06. The van der Waals surface area contributed by atoms with Gasteiger partial charge in [-0.05, 0) is 38.1 Å². The SMILES string of the molecule is CC(C=Nc1ccccn1)OC(C)C=Nc1ccccn1. The van der Waals surface area contributed by atoms with Gasteiger partial charge in [-0.1, -0.05) is 12.1 Å². The summed E-state index contributed by atoms with van der Waals surface area (Å²) in [5.41, 5.74) is 0. The van der Waals surface area contributed by atoms with Crippen LogP contribution in [0.15, 0.2) is 58.8 Å². The van der Waals surface area contributed by atoms with Crippen LogP contribution in [-0.4, -0.2) is 34.6 Å². The number of hydrogen-bond donors (Lipinski definition) is 0. The highest BCUT2D eigenvalue weighted by molar-refractivity contribution is 5.69. The summed E-state index contributed by atoms with van der Waals surface area (Å²) in [6.07, 6.45) is 6.62. The average Bonchev–Trinajstić information content (AvgIpc) is 2.53. The van der Waals surface area contributed by atoms with Crippen LogP contribution >= 0.6 is 0 Å². The molecule has 2 atom stereocenters. The van der Waals surface area contributed by atoms with Crippen LogP contribution < -0.4 is 0 Å². The lowest BCUT2D eigenvalue weighted by atomic mass is 10.4. The Labute approximate surface area is 124 Å². The smallest absolute Gasteiger partial charge is 0.151 e. The van der Waals surface area contributed by atoms with E-state index >= 15 is 0 Å². The molecule has 5 nitrogen and oxygen atoms in total. The van der Waals surface area contributed by atoms with Gasteiger partial charge in [0.2, 0.25) is 0 Å². The Balaban J connectivity index is 1.83. The molecule has 0 radical (unpaired) electrons. The molecule has 0 N–H and O–H groups in total. The van der Waals surface area contributed by atoms with Gasteiger partial charge >= 0.3 is 0 Å². The summed E-state index contributed by atoms with van der Waals surface area (Å²) < 4.78 is 5.74. The Morgan fingerprint density at radius 3 is 1.71 bits per heavy atom. The molecule has 0 spiro atoms. The second-order valence-electron chi connectivity index (χ2n) is 4.48. The average molecular weight is 282 g/mol. The minimum Gasteiger partial charge on any atom is -0.364 e. The zero-order valence-corrected chi connectivity index (χ0v) is 12.1. The molecule has 0 saturated heterocycles. The van der Waals surface area contributed by atoms with Crippen molar-refractivity contribution in [2.24, 2.45) is 9.98 Å². The third-order valence-electron chi connectivity index (χ3n) is 2.56. The number of pyridine rings is 2. The molecule has 108 valence electrons. The molecule has 2 unspecified atom stereocenters. The quantitative estimate of drug-likeness (QED) is 0.763. The van der Waals surface area contributed by atoms with Crippen LogP contribution in [0.25, 0.3) is 0 Å². The molecule has 0 fully saturated rings. The first-order valence-corrected chi connectivity index (χ1v) is 6.80. The maximum atomic E-state index is 5.74. The summed E-state index contributed by atoms with van der Waals surface area (Å²) in [5.74, 6) is 1.34. The third kappa shape index (κ3) is 5.62. The lowest BCUT2D eigenvalue weighted by molar-refractivity contribution is 0.0916. The Bertz CT molecular complexity index is 530. The van der Waals surface area contributed by atoms with Crippen molar-refractivity contribution in [2.45, 2.75) is 26.1 Å². The fourth-order valence-corrected chi connectivity index (χ4v) is 1.63. The van der Waals surface area contributed by atoms with E-state index in [9.17, 15) is 0 Å². The van der Waals surface area contributed by atoms with E-state index in [0.29, 0.717) is 11.6 Å². The molecule has 21 heavy (non-hydrogen) atoms. The van der Waals surface area contributed by atoms with Gasteiger partial charge in [0.15, 0.2) is 11.6 Å². The van der Waals surface area contributed by atoms with Crippen molar-refractivity contribution in [1.82, 2.24) is 9.97 Å². The molecular formula is C16H18N4O.